The Hall–Kier alpha value is -2.28. The first kappa shape index (κ1) is 12.7. The van der Waals surface area contributed by atoms with Crippen LogP contribution in [-0.2, 0) is 4.79 Å². The van der Waals surface area contributed by atoms with E-state index in [1.54, 1.807) is 13.1 Å². The summed E-state index contributed by atoms with van der Waals surface area (Å²) >= 11 is 0. The van der Waals surface area contributed by atoms with Gasteiger partial charge in [-0.25, -0.2) is 0 Å². The minimum Gasteiger partial charge on any atom is -0.360 e. The molecular weight excluding hydrogens is 252 g/mol. The van der Waals surface area contributed by atoms with Crippen LogP contribution in [0.4, 0.5) is 11.4 Å². The third-order valence-electron chi connectivity index (χ3n) is 3.91. The summed E-state index contributed by atoms with van der Waals surface area (Å²) in [6, 6.07) is 5.49. The van der Waals surface area contributed by atoms with Crippen molar-refractivity contribution in [3.8, 4) is 12.3 Å². The van der Waals surface area contributed by atoms with Gasteiger partial charge in [0.15, 0.2) is 0 Å². The summed E-state index contributed by atoms with van der Waals surface area (Å²) in [7, 11) is 1.63. The van der Waals surface area contributed by atoms with E-state index in [9.17, 15) is 9.59 Å². The predicted octanol–water partition coefficient (Wildman–Crippen LogP) is 1.70. The van der Waals surface area contributed by atoms with Gasteiger partial charge in [0.1, 0.15) is 0 Å². The quantitative estimate of drug-likeness (QED) is 0.616. The average Bonchev–Trinajstić information content (AvgIpc) is 3.24. The summed E-state index contributed by atoms with van der Waals surface area (Å²) in [5, 5.41) is 0. The zero-order valence-corrected chi connectivity index (χ0v) is 11.4. The van der Waals surface area contributed by atoms with E-state index >= 15 is 0 Å². The van der Waals surface area contributed by atoms with Gasteiger partial charge in [-0.1, -0.05) is 5.92 Å². The van der Waals surface area contributed by atoms with Gasteiger partial charge in [-0.15, -0.1) is 6.42 Å². The fraction of sp³-hybridized carbons (Fsp3) is 0.375. The van der Waals surface area contributed by atoms with Crippen molar-refractivity contribution >= 4 is 23.1 Å². The molecule has 1 saturated carbocycles. The van der Waals surface area contributed by atoms with Crippen molar-refractivity contribution in [3.05, 3.63) is 23.8 Å². The second-order valence-electron chi connectivity index (χ2n) is 5.42. The highest BCUT2D eigenvalue weighted by atomic mass is 16.2. The molecule has 0 saturated heterocycles. The van der Waals surface area contributed by atoms with Crippen LogP contribution in [0.15, 0.2) is 18.2 Å². The number of likely N-dealkylation sites (N-methyl/N-ethyl adjacent to an activating group) is 1. The van der Waals surface area contributed by atoms with Crippen LogP contribution in [0.1, 0.15) is 23.2 Å². The molecule has 1 aliphatic carbocycles. The molecule has 0 aromatic heterocycles. The molecule has 0 atom stereocenters. The van der Waals surface area contributed by atoms with Crippen molar-refractivity contribution in [2.75, 3.05) is 29.9 Å². The van der Waals surface area contributed by atoms with Crippen LogP contribution in [0, 0.1) is 18.3 Å². The van der Waals surface area contributed by atoms with Crippen LogP contribution in [0.3, 0.4) is 0 Å². The van der Waals surface area contributed by atoms with Gasteiger partial charge in [0, 0.05) is 19.3 Å². The maximum absolute atomic E-state index is 11.8. The summed E-state index contributed by atoms with van der Waals surface area (Å²) in [6.45, 7) is 1.48. The lowest BCUT2D eigenvalue weighted by atomic mass is 10.1. The number of carbonyl (C=O) groups is 2. The molecular formula is C16H16N2O2. The lowest BCUT2D eigenvalue weighted by molar-refractivity contribution is -0.114. The van der Waals surface area contributed by atoms with E-state index < -0.39 is 11.7 Å². The normalized spacial score (nSPS) is 17.1. The number of carbonyl (C=O) groups excluding carboxylic acids is 2. The Morgan fingerprint density at radius 2 is 2.15 bits per heavy atom. The molecule has 1 heterocycles. The molecule has 1 aliphatic heterocycles. The molecule has 2 aliphatic rings. The third-order valence-corrected chi connectivity index (χ3v) is 3.91. The fourth-order valence-electron chi connectivity index (χ4n) is 2.55. The fourth-order valence-corrected chi connectivity index (χ4v) is 2.55. The highest BCUT2D eigenvalue weighted by Crippen LogP contribution is 2.35. The van der Waals surface area contributed by atoms with E-state index in [0.29, 0.717) is 17.8 Å². The predicted molar refractivity (Wildman–Crippen MR) is 78.0 cm³/mol. The van der Waals surface area contributed by atoms with Gasteiger partial charge in [-0.3, -0.25) is 9.59 Å². The van der Waals surface area contributed by atoms with E-state index in [4.69, 9.17) is 6.42 Å². The number of Topliss-reactive ketones (excluding diaryl/α,β-unsaturated/α-hetero) is 1. The second-order valence-corrected chi connectivity index (χ2v) is 5.42. The van der Waals surface area contributed by atoms with Crippen molar-refractivity contribution in [1.29, 1.82) is 0 Å². The molecule has 1 aromatic carbocycles. The molecule has 4 heteroatoms. The molecule has 0 bridgehead atoms. The van der Waals surface area contributed by atoms with Gasteiger partial charge in [0.05, 0.1) is 17.8 Å². The van der Waals surface area contributed by atoms with Crippen LogP contribution in [-0.4, -0.2) is 31.8 Å². The standard InChI is InChI=1S/C16H16N2O2/c1-3-8-18(10-11-4-5-11)12-6-7-13-14(9-12)17(2)16(20)15(13)19/h1,6-7,9,11H,4-5,8,10H2,2H3. The number of hydrogen-bond donors (Lipinski definition) is 0. The topological polar surface area (TPSA) is 40.6 Å². The third kappa shape index (κ3) is 2.05. The molecule has 1 amide bonds. The van der Waals surface area contributed by atoms with Crippen molar-refractivity contribution in [1.82, 2.24) is 0 Å². The van der Waals surface area contributed by atoms with Gasteiger partial charge in [-0.05, 0) is 37.0 Å². The highest BCUT2D eigenvalue weighted by Gasteiger charge is 2.34. The molecule has 0 radical (unpaired) electrons. The number of fused-ring (bicyclic) bond motifs is 1. The molecule has 1 fully saturated rings. The van der Waals surface area contributed by atoms with Crippen molar-refractivity contribution in [2.24, 2.45) is 5.92 Å². The van der Waals surface area contributed by atoms with Gasteiger partial charge in [-0.2, -0.15) is 0 Å². The molecule has 1 aromatic rings. The second kappa shape index (κ2) is 4.68. The van der Waals surface area contributed by atoms with E-state index in [1.807, 2.05) is 12.1 Å². The van der Waals surface area contributed by atoms with E-state index in [2.05, 4.69) is 10.8 Å². The van der Waals surface area contributed by atoms with Crippen LogP contribution in [0.5, 0.6) is 0 Å². The Balaban J connectivity index is 1.93. The maximum atomic E-state index is 11.8. The SMILES string of the molecule is C#CCN(CC1CC1)c1ccc2c(c1)N(C)C(=O)C2=O. The Labute approximate surface area is 118 Å². The Morgan fingerprint density at radius 3 is 2.80 bits per heavy atom. The number of ketones is 1. The van der Waals surface area contributed by atoms with Crippen molar-refractivity contribution in [2.45, 2.75) is 12.8 Å². The number of anilines is 2. The number of rotatable bonds is 4. The number of nitrogens with zero attached hydrogens (tertiary/aromatic N) is 2. The average molecular weight is 268 g/mol. The summed E-state index contributed by atoms with van der Waals surface area (Å²) in [6.07, 6.45) is 7.94. The zero-order chi connectivity index (χ0) is 14.3. The lowest BCUT2D eigenvalue weighted by Gasteiger charge is -2.23. The van der Waals surface area contributed by atoms with Gasteiger partial charge in [0.2, 0.25) is 0 Å². The minimum atomic E-state index is -0.470. The summed E-state index contributed by atoms with van der Waals surface area (Å²) < 4.78 is 0. The molecule has 0 spiro atoms. The summed E-state index contributed by atoms with van der Waals surface area (Å²) in [5.74, 6) is 2.49. The lowest BCUT2D eigenvalue weighted by Crippen LogP contribution is -2.26. The van der Waals surface area contributed by atoms with Crippen molar-refractivity contribution in [3.63, 3.8) is 0 Å². The summed E-state index contributed by atoms with van der Waals surface area (Å²) in [5.41, 5.74) is 2.13. The Bertz CT molecular complexity index is 626. The molecule has 4 nitrogen and oxygen atoms in total. The van der Waals surface area contributed by atoms with Crippen LogP contribution in [0.2, 0.25) is 0 Å². The smallest absolute Gasteiger partial charge is 0.299 e. The molecule has 20 heavy (non-hydrogen) atoms. The van der Waals surface area contributed by atoms with E-state index in [1.165, 1.54) is 17.7 Å². The van der Waals surface area contributed by atoms with Gasteiger partial charge >= 0.3 is 0 Å². The number of benzene rings is 1. The van der Waals surface area contributed by atoms with Gasteiger partial charge in [0.25, 0.3) is 11.7 Å². The van der Waals surface area contributed by atoms with E-state index in [-0.39, 0.29) is 0 Å². The maximum Gasteiger partial charge on any atom is 0.299 e. The molecule has 0 unspecified atom stereocenters. The van der Waals surface area contributed by atoms with Crippen LogP contribution >= 0.6 is 0 Å². The van der Waals surface area contributed by atoms with Crippen LogP contribution in [0.25, 0.3) is 0 Å². The highest BCUT2D eigenvalue weighted by molar-refractivity contribution is 6.52. The molecule has 0 N–H and O–H groups in total. The number of terminal acetylenes is 1. The Kier molecular flexibility index (Phi) is 2.98. The largest absolute Gasteiger partial charge is 0.360 e. The number of hydrogen-bond acceptors (Lipinski definition) is 3. The number of amides is 1. The molecule has 3 rings (SSSR count). The molecule has 102 valence electrons. The van der Waals surface area contributed by atoms with Crippen molar-refractivity contribution < 1.29 is 9.59 Å². The summed E-state index contributed by atoms with van der Waals surface area (Å²) in [4.78, 5) is 27.0. The first-order valence-corrected chi connectivity index (χ1v) is 6.76. The monoisotopic (exact) mass is 268 g/mol. The zero-order valence-electron chi connectivity index (χ0n) is 11.4. The first-order chi connectivity index (χ1) is 9.61. The van der Waals surface area contributed by atoms with Crippen LogP contribution < -0.4 is 9.80 Å². The van der Waals surface area contributed by atoms with E-state index in [0.717, 1.165) is 18.2 Å². The first-order valence-electron chi connectivity index (χ1n) is 6.76. The minimum absolute atomic E-state index is 0.431. The Morgan fingerprint density at radius 1 is 1.40 bits per heavy atom. The van der Waals surface area contributed by atoms with Gasteiger partial charge < -0.3 is 9.80 Å².